The normalized spacial score (nSPS) is 18.1. The van der Waals surface area contributed by atoms with Crippen LogP contribution in [0.4, 0.5) is 0 Å². The third-order valence-corrected chi connectivity index (χ3v) is 4.44. The molecule has 24 heavy (non-hydrogen) atoms. The van der Waals surface area contributed by atoms with Crippen molar-refractivity contribution in [1.29, 1.82) is 0 Å². The van der Waals surface area contributed by atoms with E-state index in [0.29, 0.717) is 42.7 Å². The Hall–Kier alpha value is -2.21. The van der Waals surface area contributed by atoms with Crippen molar-refractivity contribution in [2.45, 2.75) is 39.3 Å². The number of nitrogens with zero attached hydrogens (tertiary/aromatic N) is 3. The molecule has 0 N–H and O–H groups in total. The van der Waals surface area contributed by atoms with E-state index in [2.05, 4.69) is 5.10 Å². The first-order chi connectivity index (χ1) is 11.7. The van der Waals surface area contributed by atoms with Crippen LogP contribution in [-0.4, -0.2) is 46.4 Å². The zero-order valence-electron chi connectivity index (χ0n) is 14.2. The van der Waals surface area contributed by atoms with Crippen LogP contribution in [0.25, 0.3) is 10.8 Å². The Morgan fingerprint density at radius 2 is 2.04 bits per heavy atom. The Morgan fingerprint density at radius 1 is 1.29 bits per heavy atom. The number of benzene rings is 1. The Balaban J connectivity index is 2.00. The van der Waals surface area contributed by atoms with Crippen LogP contribution in [-0.2, 0) is 11.3 Å². The highest BCUT2D eigenvalue weighted by atomic mass is 16.5. The van der Waals surface area contributed by atoms with Crippen molar-refractivity contribution in [2.75, 3.05) is 19.7 Å². The van der Waals surface area contributed by atoms with Crippen LogP contribution in [0.5, 0.6) is 0 Å². The number of amides is 1. The molecular formula is C18H23N3O3. The standard InChI is InChI=1S/C18H23N3O3/c1-3-21-17(22)15-10-6-5-9-14(15)16(19-21)18(23)20-11-7-8-13(12-20)24-4-2/h5-6,9-10,13H,3-4,7-8,11-12H2,1-2H3. The highest BCUT2D eigenvalue weighted by molar-refractivity contribution is 6.04. The van der Waals surface area contributed by atoms with E-state index in [9.17, 15) is 9.59 Å². The summed E-state index contributed by atoms with van der Waals surface area (Å²) in [6.45, 7) is 6.17. The van der Waals surface area contributed by atoms with E-state index in [1.54, 1.807) is 17.0 Å². The lowest BCUT2D eigenvalue weighted by Gasteiger charge is -2.32. The molecule has 0 aliphatic carbocycles. The summed E-state index contributed by atoms with van der Waals surface area (Å²) in [4.78, 5) is 27.2. The molecule has 128 valence electrons. The second-order valence-electron chi connectivity index (χ2n) is 5.99. The maximum atomic E-state index is 13.0. The number of piperidine rings is 1. The van der Waals surface area contributed by atoms with E-state index < -0.39 is 0 Å². The number of fused-ring (bicyclic) bond motifs is 1. The molecule has 2 heterocycles. The highest BCUT2D eigenvalue weighted by Crippen LogP contribution is 2.19. The van der Waals surface area contributed by atoms with Gasteiger partial charge < -0.3 is 9.64 Å². The van der Waals surface area contributed by atoms with Crippen molar-refractivity contribution in [3.63, 3.8) is 0 Å². The van der Waals surface area contributed by atoms with Crippen LogP contribution in [0, 0.1) is 0 Å². The lowest BCUT2D eigenvalue weighted by atomic mass is 10.1. The number of aromatic nitrogens is 2. The minimum Gasteiger partial charge on any atom is -0.377 e. The number of ether oxygens (including phenoxy) is 1. The Bertz CT molecular complexity index is 798. The predicted molar refractivity (Wildman–Crippen MR) is 92.2 cm³/mol. The number of hydrogen-bond acceptors (Lipinski definition) is 4. The molecule has 6 nitrogen and oxygen atoms in total. The van der Waals surface area contributed by atoms with Gasteiger partial charge in [-0.1, -0.05) is 18.2 Å². The van der Waals surface area contributed by atoms with Crippen molar-refractivity contribution >= 4 is 16.7 Å². The molecule has 1 fully saturated rings. The van der Waals surface area contributed by atoms with Crippen LogP contribution in [0.15, 0.2) is 29.1 Å². The zero-order chi connectivity index (χ0) is 17.1. The van der Waals surface area contributed by atoms with E-state index in [1.807, 2.05) is 26.0 Å². The molecule has 6 heteroatoms. The Morgan fingerprint density at radius 3 is 2.75 bits per heavy atom. The number of likely N-dealkylation sites (tertiary alicyclic amines) is 1. The first kappa shape index (κ1) is 16.6. The van der Waals surface area contributed by atoms with Crippen molar-refractivity contribution < 1.29 is 9.53 Å². The largest absolute Gasteiger partial charge is 0.377 e. The van der Waals surface area contributed by atoms with Gasteiger partial charge in [-0.25, -0.2) is 4.68 Å². The minimum atomic E-state index is -0.157. The van der Waals surface area contributed by atoms with Gasteiger partial charge in [0.2, 0.25) is 0 Å². The number of aryl methyl sites for hydroxylation is 1. The summed E-state index contributed by atoms with van der Waals surface area (Å²) in [7, 11) is 0. The van der Waals surface area contributed by atoms with Gasteiger partial charge in [0.1, 0.15) is 0 Å². The Labute approximate surface area is 141 Å². The average Bonchev–Trinajstić information content (AvgIpc) is 2.62. The summed E-state index contributed by atoms with van der Waals surface area (Å²) in [6, 6.07) is 7.18. The molecule has 1 atom stereocenters. The first-order valence-corrected chi connectivity index (χ1v) is 8.56. The van der Waals surface area contributed by atoms with Gasteiger partial charge in [0, 0.05) is 31.6 Å². The van der Waals surface area contributed by atoms with Gasteiger partial charge in [-0.15, -0.1) is 0 Å². The summed E-state index contributed by atoms with van der Waals surface area (Å²) < 4.78 is 7.04. The van der Waals surface area contributed by atoms with Crippen LogP contribution in [0.2, 0.25) is 0 Å². The third kappa shape index (κ3) is 3.06. The fraction of sp³-hybridized carbons (Fsp3) is 0.500. The molecule has 1 aromatic heterocycles. The van der Waals surface area contributed by atoms with Gasteiger partial charge in [0.25, 0.3) is 11.5 Å². The molecule has 0 bridgehead atoms. The van der Waals surface area contributed by atoms with Crippen molar-refractivity contribution in [1.82, 2.24) is 14.7 Å². The molecule has 0 saturated carbocycles. The molecule has 0 radical (unpaired) electrons. The summed E-state index contributed by atoms with van der Waals surface area (Å²) in [6.07, 6.45) is 1.97. The highest BCUT2D eigenvalue weighted by Gasteiger charge is 2.27. The van der Waals surface area contributed by atoms with Crippen LogP contribution in [0.3, 0.4) is 0 Å². The van der Waals surface area contributed by atoms with E-state index in [1.165, 1.54) is 4.68 Å². The lowest BCUT2D eigenvalue weighted by Crippen LogP contribution is -2.44. The number of carbonyl (C=O) groups is 1. The van der Waals surface area contributed by atoms with Gasteiger partial charge in [-0.3, -0.25) is 9.59 Å². The summed E-state index contributed by atoms with van der Waals surface area (Å²) in [5, 5.41) is 5.50. The number of hydrogen-bond donors (Lipinski definition) is 0. The van der Waals surface area contributed by atoms with E-state index in [4.69, 9.17) is 4.74 Å². The maximum absolute atomic E-state index is 13.0. The van der Waals surface area contributed by atoms with Crippen molar-refractivity contribution in [2.24, 2.45) is 0 Å². The predicted octanol–water partition coefficient (Wildman–Crippen LogP) is 2.06. The fourth-order valence-electron chi connectivity index (χ4n) is 3.25. The van der Waals surface area contributed by atoms with Crippen LogP contribution < -0.4 is 5.56 Å². The molecule has 3 rings (SSSR count). The van der Waals surface area contributed by atoms with Gasteiger partial charge in [-0.05, 0) is 32.8 Å². The molecule has 1 aromatic carbocycles. The summed E-state index contributed by atoms with van der Waals surface area (Å²) >= 11 is 0. The minimum absolute atomic E-state index is 0.0797. The molecule has 1 amide bonds. The third-order valence-electron chi connectivity index (χ3n) is 4.44. The van der Waals surface area contributed by atoms with Gasteiger partial charge in [0.15, 0.2) is 5.69 Å². The van der Waals surface area contributed by atoms with E-state index in [-0.39, 0.29) is 17.6 Å². The van der Waals surface area contributed by atoms with Gasteiger partial charge >= 0.3 is 0 Å². The van der Waals surface area contributed by atoms with Gasteiger partial charge in [0.05, 0.1) is 11.5 Å². The van der Waals surface area contributed by atoms with Gasteiger partial charge in [-0.2, -0.15) is 5.10 Å². The van der Waals surface area contributed by atoms with Crippen molar-refractivity contribution in [3.05, 3.63) is 40.3 Å². The zero-order valence-corrected chi connectivity index (χ0v) is 14.2. The maximum Gasteiger partial charge on any atom is 0.275 e. The molecular weight excluding hydrogens is 306 g/mol. The topological polar surface area (TPSA) is 64.4 Å². The number of rotatable bonds is 4. The number of carbonyl (C=O) groups excluding carboxylic acids is 1. The monoisotopic (exact) mass is 329 g/mol. The van der Waals surface area contributed by atoms with E-state index in [0.717, 1.165) is 12.8 Å². The molecule has 1 aliphatic heterocycles. The molecule has 1 saturated heterocycles. The molecule has 2 aromatic rings. The Kier molecular flexibility index (Phi) is 4.94. The summed E-state index contributed by atoms with van der Waals surface area (Å²) in [5.74, 6) is -0.127. The molecule has 0 spiro atoms. The van der Waals surface area contributed by atoms with E-state index >= 15 is 0 Å². The second-order valence-corrected chi connectivity index (χ2v) is 5.99. The molecule has 1 unspecified atom stereocenters. The fourth-order valence-corrected chi connectivity index (χ4v) is 3.25. The van der Waals surface area contributed by atoms with Crippen molar-refractivity contribution in [3.8, 4) is 0 Å². The second kappa shape index (κ2) is 7.13. The molecule has 1 aliphatic rings. The SMILES string of the molecule is CCOC1CCCN(C(=O)c2nn(CC)c(=O)c3ccccc23)C1. The first-order valence-electron chi connectivity index (χ1n) is 8.56. The van der Waals surface area contributed by atoms with Crippen LogP contribution >= 0.6 is 0 Å². The summed E-state index contributed by atoms with van der Waals surface area (Å²) in [5.41, 5.74) is 0.194. The smallest absolute Gasteiger partial charge is 0.275 e. The quantitative estimate of drug-likeness (QED) is 0.861. The lowest BCUT2D eigenvalue weighted by molar-refractivity contribution is 0.00703. The average molecular weight is 329 g/mol. The van der Waals surface area contributed by atoms with Crippen LogP contribution in [0.1, 0.15) is 37.2 Å².